The van der Waals surface area contributed by atoms with Gasteiger partial charge in [-0.05, 0) is 73.9 Å². The molecule has 0 aliphatic carbocycles. The number of nitrogens with one attached hydrogen (secondary N) is 3. The van der Waals surface area contributed by atoms with Gasteiger partial charge in [0.15, 0.2) is 0 Å². The van der Waals surface area contributed by atoms with Crippen molar-refractivity contribution in [3.8, 4) is 17.2 Å². The molecule has 3 aromatic carbocycles. The monoisotopic (exact) mass is 885 g/mol. The van der Waals surface area contributed by atoms with E-state index in [-0.39, 0.29) is 0 Å². The average molecular weight is 886 g/mol. The molecule has 0 amide bonds. The Labute approximate surface area is 334 Å². The van der Waals surface area contributed by atoms with Gasteiger partial charge in [-0.15, -0.1) is 0 Å². The molecule has 25 heteroatoms. The molecule has 0 saturated carbocycles. The van der Waals surface area contributed by atoms with Gasteiger partial charge in [0.25, 0.3) is 16.7 Å². The van der Waals surface area contributed by atoms with Crippen molar-refractivity contribution in [2.75, 3.05) is 0 Å². The van der Waals surface area contributed by atoms with Crippen LogP contribution in [0.5, 0.6) is 17.2 Å². The molecule has 15 nitrogen and oxygen atoms in total. The summed E-state index contributed by atoms with van der Waals surface area (Å²) >= 11 is -5.22. The van der Waals surface area contributed by atoms with Crippen molar-refractivity contribution in [2.45, 2.75) is 39.3 Å². The smallest absolute Gasteiger partial charge is 0.547 e. The summed E-state index contributed by atoms with van der Waals surface area (Å²) in [6.45, 7) is 2.36. The number of hydrogen-bond acceptors (Lipinski definition) is 12. The number of rotatable bonds is 6. The van der Waals surface area contributed by atoms with E-state index in [1.54, 1.807) is 0 Å². The van der Waals surface area contributed by atoms with Crippen LogP contribution in [0, 0.1) is 20.8 Å². The van der Waals surface area contributed by atoms with Crippen LogP contribution >= 0.6 is 0 Å². The summed E-state index contributed by atoms with van der Waals surface area (Å²) in [5.74, 6) is -8.78. The molecular formula is C36H21AlF9N3O12. The van der Waals surface area contributed by atoms with Crippen LogP contribution in [0.3, 0.4) is 0 Å². The van der Waals surface area contributed by atoms with Gasteiger partial charge in [-0.25, -0.2) is 14.4 Å². The molecule has 0 spiro atoms. The number of halogens is 9. The Morgan fingerprint density at radius 3 is 0.918 bits per heavy atom. The summed E-state index contributed by atoms with van der Waals surface area (Å²) in [6, 6.07) is 2.89. The summed E-state index contributed by atoms with van der Waals surface area (Å²) in [4.78, 5) is 85.9. The van der Waals surface area contributed by atoms with Crippen LogP contribution in [0.1, 0.15) is 64.5 Å². The van der Waals surface area contributed by atoms with Gasteiger partial charge in [-0.3, -0.25) is 14.4 Å². The topological polar surface area (TPSA) is 238 Å². The summed E-state index contributed by atoms with van der Waals surface area (Å²) in [6.07, 6.45) is -15.5. The lowest BCUT2D eigenvalue weighted by molar-refractivity contribution is -0.137. The number of carbonyl (C=O) groups is 3. The number of benzene rings is 3. The molecule has 0 aliphatic heterocycles. The zero-order valence-electron chi connectivity index (χ0n) is 30.5. The molecule has 318 valence electrons. The molecule has 3 heterocycles. The molecule has 61 heavy (non-hydrogen) atoms. The van der Waals surface area contributed by atoms with Crippen molar-refractivity contribution in [1.82, 2.24) is 15.0 Å². The minimum Gasteiger partial charge on any atom is -0.547 e. The van der Waals surface area contributed by atoms with E-state index in [2.05, 4.69) is 0 Å². The number of aromatic nitrogens is 3. The Balaban J connectivity index is 1.51. The number of pyridine rings is 3. The quantitative estimate of drug-likeness (QED) is 0.0814. The van der Waals surface area contributed by atoms with E-state index in [4.69, 9.17) is 11.4 Å². The van der Waals surface area contributed by atoms with E-state index in [1.807, 2.05) is 15.0 Å². The maximum atomic E-state index is 14.0. The first-order valence-electron chi connectivity index (χ1n) is 16.6. The van der Waals surface area contributed by atoms with Crippen LogP contribution in [0.2, 0.25) is 0 Å². The number of hydrogen-bond donors (Lipinski definition) is 6. The van der Waals surface area contributed by atoms with Gasteiger partial charge < -0.3 is 41.6 Å². The Kier molecular flexibility index (Phi) is 10.7. The predicted octanol–water partition coefficient (Wildman–Crippen LogP) is 6.17. The lowest BCUT2D eigenvalue weighted by Gasteiger charge is -2.18. The number of phenolic OH excluding ortho intramolecular Hbond substituents is 3. The summed E-state index contributed by atoms with van der Waals surface area (Å²) in [5.41, 5.74) is -18.0. The highest BCUT2D eigenvalue weighted by atomic mass is 27.3. The molecule has 0 fully saturated rings. The molecule has 6 aromatic rings. The Morgan fingerprint density at radius 1 is 0.475 bits per heavy atom. The number of phenols is 3. The maximum Gasteiger partial charge on any atom is 1.20 e. The molecule has 0 saturated heterocycles. The zero-order valence-corrected chi connectivity index (χ0v) is 31.6. The maximum absolute atomic E-state index is 14.0. The highest BCUT2D eigenvalue weighted by molar-refractivity contribution is 6.46. The Bertz CT molecular complexity index is 2750. The molecule has 0 atom stereocenters. The second-order valence-electron chi connectivity index (χ2n) is 13.0. The van der Waals surface area contributed by atoms with Crippen molar-refractivity contribution < 1.29 is 80.6 Å². The van der Waals surface area contributed by atoms with Gasteiger partial charge in [-0.2, -0.15) is 39.5 Å². The van der Waals surface area contributed by atoms with Crippen LogP contribution in [0.4, 0.5) is 39.5 Å². The first kappa shape index (κ1) is 43.6. The van der Waals surface area contributed by atoms with Gasteiger partial charge in [0, 0.05) is 16.2 Å². The number of aromatic amines is 3. The van der Waals surface area contributed by atoms with Gasteiger partial charge in [0.05, 0.1) is 33.2 Å². The number of fused-ring (bicyclic) bond motifs is 3. The fourth-order valence-corrected chi connectivity index (χ4v) is 7.72. The van der Waals surface area contributed by atoms with Gasteiger partial charge in [0.1, 0.15) is 33.9 Å². The predicted molar refractivity (Wildman–Crippen MR) is 190 cm³/mol. The van der Waals surface area contributed by atoms with Gasteiger partial charge in [-0.1, -0.05) is 0 Å². The third-order valence-corrected chi connectivity index (χ3v) is 10.6. The van der Waals surface area contributed by atoms with Crippen LogP contribution in [-0.4, -0.2) is 63.3 Å². The standard InChI is InChI=1S/3C12H8F3NO4.Al/c3*1-4-7-5(12(13,14)15)2-3-6(17)9(7)16-10(18)8(4)11(19)20;/h3*2-3,17H,1H3,(H,16,18)(H,19,20);/q;;;+3/p-3. The number of aryl methyl sites for hydroxylation is 3. The fraction of sp³-hybridized carbons (Fsp3) is 0.167. The van der Waals surface area contributed by atoms with Crippen LogP contribution < -0.4 is 16.7 Å². The minimum absolute atomic E-state index is 0.389. The molecule has 0 unspecified atom stereocenters. The highest BCUT2D eigenvalue weighted by Crippen LogP contribution is 2.41. The normalized spacial score (nSPS) is 12.2. The third-order valence-electron chi connectivity index (χ3n) is 9.34. The van der Waals surface area contributed by atoms with Crippen LogP contribution in [0.25, 0.3) is 32.7 Å². The van der Waals surface area contributed by atoms with E-state index in [1.165, 1.54) is 0 Å². The fourth-order valence-electron chi connectivity index (χ4n) is 6.69. The van der Waals surface area contributed by atoms with E-state index >= 15 is 0 Å². The summed E-state index contributed by atoms with van der Waals surface area (Å²) < 4.78 is 141. The summed E-state index contributed by atoms with van der Waals surface area (Å²) in [5, 5.41) is 27.7. The second-order valence-corrected chi connectivity index (χ2v) is 14.3. The zero-order chi connectivity index (χ0) is 45.4. The third kappa shape index (κ3) is 7.68. The van der Waals surface area contributed by atoms with Crippen LogP contribution in [-0.2, 0) is 29.9 Å². The van der Waals surface area contributed by atoms with Crippen LogP contribution in [0.15, 0.2) is 50.8 Å². The molecule has 6 rings (SSSR count). The molecule has 6 N–H and O–H groups in total. The van der Waals surface area contributed by atoms with E-state index in [0.717, 1.165) is 20.8 Å². The molecule has 0 aliphatic rings. The molecule has 3 aromatic heterocycles. The van der Waals surface area contributed by atoms with Crippen molar-refractivity contribution in [1.29, 1.82) is 0 Å². The van der Waals surface area contributed by atoms with Crippen molar-refractivity contribution in [3.05, 3.63) is 118 Å². The number of H-pyrrole nitrogens is 3. The highest BCUT2D eigenvalue weighted by Gasteiger charge is 2.52. The van der Waals surface area contributed by atoms with Crippen molar-refractivity contribution in [2.24, 2.45) is 0 Å². The average Bonchev–Trinajstić information content (AvgIpc) is 3.11. The SMILES string of the molecule is Cc1c(C(=O)[O][Al]([O]C(=O)c2c(C)c3c(C(F)(F)F)ccc(O)c3[nH]c2=O)[O]C(=O)c2c(C)c3c(C(F)(F)F)ccc(O)c3[nH]c2=O)c(=O)[nH]c2c(O)ccc(C(F)(F)F)c12. The first-order valence-corrected chi connectivity index (χ1v) is 18.1. The van der Waals surface area contributed by atoms with E-state index in [0.29, 0.717) is 36.4 Å². The Hall–Kier alpha value is -7.00. The lowest BCUT2D eigenvalue weighted by Crippen LogP contribution is -2.39. The number of aromatic hydroxyl groups is 3. The first-order chi connectivity index (χ1) is 28.1. The van der Waals surface area contributed by atoms with Gasteiger partial charge >= 0.3 is 51.6 Å². The summed E-state index contributed by atoms with van der Waals surface area (Å²) in [7, 11) is 0. The largest absolute Gasteiger partial charge is 1.20 e. The number of alkyl halides is 9. The second kappa shape index (κ2) is 14.9. The minimum atomic E-state index is -5.22. The van der Waals surface area contributed by atoms with E-state index < -0.39 is 168 Å². The number of carbonyl (C=O) groups excluding carboxylic acids is 3. The molecule has 0 bridgehead atoms. The molecule has 0 radical (unpaired) electrons. The van der Waals surface area contributed by atoms with Gasteiger partial charge in [0.2, 0.25) is 0 Å². The Morgan fingerprint density at radius 2 is 0.705 bits per heavy atom. The molecular weight excluding hydrogens is 864 g/mol. The lowest BCUT2D eigenvalue weighted by atomic mass is 9.99. The van der Waals surface area contributed by atoms with E-state index in [9.17, 15) is 83.6 Å². The van der Waals surface area contributed by atoms with Crippen molar-refractivity contribution >= 4 is 65.8 Å². The van der Waals surface area contributed by atoms with Crippen molar-refractivity contribution in [3.63, 3.8) is 0 Å².